The molecule has 0 fully saturated rings. The van der Waals surface area contributed by atoms with Crippen molar-refractivity contribution in [2.45, 2.75) is 52.8 Å². The molecule has 1 aliphatic heterocycles. The number of halogens is 3. The van der Waals surface area contributed by atoms with E-state index in [-0.39, 0.29) is 6.85 Å². The normalized spacial score (nSPS) is 18.4. The molecular formula is C16H23BF3NSi. The number of alkyl halides is 3. The Morgan fingerprint density at radius 2 is 1.73 bits per heavy atom. The van der Waals surface area contributed by atoms with Gasteiger partial charge in [-0.25, -0.2) is 0 Å². The Morgan fingerprint density at radius 3 is 2.23 bits per heavy atom. The SMILES string of the molecule is CCB1C(CC)=C(C)[Si](C)(C)N1c1ccccc1C(F)(F)F. The van der Waals surface area contributed by atoms with E-state index in [2.05, 4.69) is 38.3 Å². The van der Waals surface area contributed by atoms with Crippen LogP contribution >= 0.6 is 0 Å². The summed E-state index contributed by atoms with van der Waals surface area (Å²) in [5, 5.41) is 1.33. The molecule has 1 aromatic rings. The molecule has 0 N–H and O–H groups in total. The van der Waals surface area contributed by atoms with E-state index >= 15 is 0 Å². The Kier molecular flexibility index (Phi) is 4.53. The van der Waals surface area contributed by atoms with Gasteiger partial charge < -0.3 is 4.48 Å². The second-order valence-electron chi connectivity index (χ2n) is 6.37. The van der Waals surface area contributed by atoms with E-state index in [9.17, 15) is 13.2 Å². The summed E-state index contributed by atoms with van der Waals surface area (Å²) in [4.78, 5) is 0. The molecule has 1 nitrogen and oxygen atoms in total. The number of hydrogen-bond acceptors (Lipinski definition) is 1. The zero-order valence-electron chi connectivity index (χ0n) is 13.9. The van der Waals surface area contributed by atoms with Gasteiger partial charge in [0.15, 0.2) is 8.24 Å². The summed E-state index contributed by atoms with van der Waals surface area (Å²) in [5.74, 6) is 0. The van der Waals surface area contributed by atoms with Crippen molar-refractivity contribution >= 4 is 20.8 Å². The standard InChI is InChI=1S/C16H23BF3NSi/c1-6-14-12(3)22(4,5)21(17(14)7-2)15-11-9-8-10-13(15)16(18,19)20/h8-11H,6-7H2,1-5H3. The van der Waals surface area contributed by atoms with Crippen molar-refractivity contribution in [3.05, 3.63) is 40.5 Å². The van der Waals surface area contributed by atoms with Gasteiger partial charge in [0.05, 0.1) is 5.56 Å². The number of allylic oxidation sites excluding steroid dienone is 2. The van der Waals surface area contributed by atoms with Crippen LogP contribution < -0.4 is 4.48 Å². The average molecular weight is 325 g/mol. The van der Waals surface area contributed by atoms with Gasteiger partial charge in [0.2, 0.25) is 0 Å². The molecule has 1 aromatic carbocycles. The second-order valence-corrected chi connectivity index (χ2v) is 10.7. The maximum Gasteiger partial charge on any atom is 0.418 e. The third-order valence-electron chi connectivity index (χ3n) is 4.95. The summed E-state index contributed by atoms with van der Waals surface area (Å²) >= 11 is 0. The third kappa shape index (κ3) is 2.62. The molecule has 0 bridgehead atoms. The van der Waals surface area contributed by atoms with Crippen molar-refractivity contribution < 1.29 is 13.2 Å². The molecule has 0 aromatic heterocycles. The summed E-state index contributed by atoms with van der Waals surface area (Å²) in [6.45, 7) is 10.7. The first-order valence-corrected chi connectivity index (χ1v) is 10.8. The number of para-hydroxylation sites is 1. The minimum atomic E-state index is -4.32. The van der Waals surface area contributed by atoms with E-state index in [4.69, 9.17) is 0 Å². The first-order valence-electron chi connectivity index (χ1n) is 7.81. The Hall–Kier alpha value is -1.17. The van der Waals surface area contributed by atoms with Gasteiger partial charge in [0.1, 0.15) is 0 Å². The predicted octanol–water partition coefficient (Wildman–Crippen LogP) is 5.55. The van der Waals surface area contributed by atoms with Crippen molar-refractivity contribution in [1.29, 1.82) is 0 Å². The van der Waals surface area contributed by atoms with Gasteiger partial charge >= 0.3 is 6.18 Å². The molecule has 0 amide bonds. The molecule has 120 valence electrons. The quantitative estimate of drug-likeness (QED) is 0.659. The molecule has 22 heavy (non-hydrogen) atoms. The van der Waals surface area contributed by atoms with Crippen molar-refractivity contribution in [2.24, 2.45) is 0 Å². The summed E-state index contributed by atoms with van der Waals surface area (Å²) in [7, 11) is -2.08. The fraction of sp³-hybridized carbons (Fsp3) is 0.500. The zero-order valence-corrected chi connectivity index (χ0v) is 14.9. The molecule has 2 rings (SSSR count). The van der Waals surface area contributed by atoms with Crippen LogP contribution in [0, 0.1) is 0 Å². The van der Waals surface area contributed by atoms with E-state index < -0.39 is 20.0 Å². The van der Waals surface area contributed by atoms with Gasteiger partial charge in [-0.1, -0.05) is 43.0 Å². The number of nitrogens with zero attached hydrogens (tertiary/aromatic N) is 1. The highest BCUT2D eigenvalue weighted by Crippen LogP contribution is 2.44. The van der Waals surface area contributed by atoms with E-state index in [0.717, 1.165) is 12.7 Å². The fourth-order valence-electron chi connectivity index (χ4n) is 3.69. The van der Waals surface area contributed by atoms with Crippen LogP contribution in [0.5, 0.6) is 0 Å². The van der Waals surface area contributed by atoms with Gasteiger partial charge in [-0.2, -0.15) is 13.2 Å². The number of anilines is 1. The number of benzene rings is 1. The number of hydrogen-bond donors (Lipinski definition) is 0. The van der Waals surface area contributed by atoms with Crippen LogP contribution in [0.3, 0.4) is 0 Å². The highest BCUT2D eigenvalue weighted by molar-refractivity contribution is 7.04. The van der Waals surface area contributed by atoms with Crippen LogP contribution in [0.1, 0.15) is 32.8 Å². The highest BCUT2D eigenvalue weighted by Gasteiger charge is 2.48. The van der Waals surface area contributed by atoms with Crippen molar-refractivity contribution in [2.75, 3.05) is 4.48 Å². The van der Waals surface area contributed by atoms with Gasteiger partial charge in [-0.05, 0) is 38.6 Å². The van der Waals surface area contributed by atoms with Crippen LogP contribution in [0.2, 0.25) is 19.4 Å². The minimum absolute atomic E-state index is 0.0927. The molecular weight excluding hydrogens is 302 g/mol. The van der Waals surface area contributed by atoms with Crippen LogP contribution in [-0.2, 0) is 6.18 Å². The summed E-state index contributed by atoms with van der Waals surface area (Å²) in [5.41, 5.74) is 1.16. The van der Waals surface area contributed by atoms with Crippen LogP contribution in [0.4, 0.5) is 18.9 Å². The van der Waals surface area contributed by atoms with E-state index in [1.54, 1.807) is 12.1 Å². The van der Waals surface area contributed by atoms with Crippen molar-refractivity contribution in [1.82, 2.24) is 0 Å². The lowest BCUT2D eigenvalue weighted by Crippen LogP contribution is -2.53. The van der Waals surface area contributed by atoms with Gasteiger partial charge in [-0.15, -0.1) is 0 Å². The van der Waals surface area contributed by atoms with E-state index in [0.29, 0.717) is 5.69 Å². The maximum absolute atomic E-state index is 13.4. The van der Waals surface area contributed by atoms with Crippen LogP contribution in [-0.4, -0.2) is 15.1 Å². The largest absolute Gasteiger partial charge is 0.435 e. The molecule has 0 unspecified atom stereocenters. The highest BCUT2D eigenvalue weighted by atomic mass is 28.3. The molecule has 6 heteroatoms. The lowest BCUT2D eigenvalue weighted by molar-refractivity contribution is -0.137. The Balaban J connectivity index is 2.63. The number of rotatable bonds is 3. The monoisotopic (exact) mass is 325 g/mol. The Morgan fingerprint density at radius 1 is 1.14 bits per heavy atom. The molecule has 0 atom stereocenters. The molecule has 0 saturated heterocycles. The van der Waals surface area contributed by atoms with Crippen molar-refractivity contribution in [3.8, 4) is 0 Å². The summed E-state index contributed by atoms with van der Waals surface area (Å²) in [6.07, 6.45) is -2.57. The molecule has 0 aliphatic carbocycles. The fourth-order valence-corrected chi connectivity index (χ4v) is 7.10. The maximum atomic E-state index is 13.4. The van der Waals surface area contributed by atoms with E-state index in [1.165, 1.54) is 22.8 Å². The van der Waals surface area contributed by atoms with Gasteiger partial charge in [-0.3, -0.25) is 0 Å². The smallest absolute Gasteiger partial charge is 0.418 e. The lowest BCUT2D eigenvalue weighted by Gasteiger charge is -2.39. The lowest BCUT2D eigenvalue weighted by atomic mass is 9.52. The molecule has 0 saturated carbocycles. The predicted molar refractivity (Wildman–Crippen MR) is 90.6 cm³/mol. The molecule has 0 spiro atoms. The van der Waals surface area contributed by atoms with E-state index in [1.807, 2.05) is 0 Å². The van der Waals surface area contributed by atoms with Crippen LogP contribution in [0.15, 0.2) is 34.9 Å². The molecule has 1 heterocycles. The second kappa shape index (κ2) is 5.80. The Bertz CT molecular complexity index is 595. The Labute approximate surface area is 132 Å². The van der Waals surface area contributed by atoms with Crippen LogP contribution in [0.25, 0.3) is 0 Å². The van der Waals surface area contributed by atoms with Gasteiger partial charge in [0.25, 0.3) is 6.85 Å². The van der Waals surface area contributed by atoms with Gasteiger partial charge in [0, 0.05) is 5.69 Å². The zero-order chi connectivity index (χ0) is 16.7. The summed E-state index contributed by atoms with van der Waals surface area (Å²) < 4.78 is 42.4. The average Bonchev–Trinajstić information content (AvgIpc) is 2.64. The molecule has 1 aliphatic rings. The first-order chi connectivity index (χ1) is 10.2. The topological polar surface area (TPSA) is 3.24 Å². The third-order valence-corrected chi connectivity index (χ3v) is 8.87. The molecule has 0 radical (unpaired) electrons. The van der Waals surface area contributed by atoms with Crippen molar-refractivity contribution in [3.63, 3.8) is 0 Å². The first kappa shape index (κ1) is 17.2. The summed E-state index contributed by atoms with van der Waals surface area (Å²) in [6, 6.07) is 6.01. The minimum Gasteiger partial charge on any atom is -0.435 e.